The third-order valence-electron chi connectivity index (χ3n) is 3.82. The summed E-state index contributed by atoms with van der Waals surface area (Å²) in [4.78, 5) is 16.3. The molecule has 0 unspecified atom stereocenters. The number of carbonyl (C=O) groups is 1. The van der Waals surface area contributed by atoms with Crippen LogP contribution < -0.4 is 11.1 Å². The number of pyridine rings is 1. The molecule has 0 aliphatic carbocycles. The highest BCUT2D eigenvalue weighted by Gasteiger charge is 2.37. The van der Waals surface area contributed by atoms with Crippen molar-refractivity contribution in [3.63, 3.8) is 0 Å². The van der Waals surface area contributed by atoms with Crippen LogP contribution in [0.5, 0.6) is 0 Å². The maximum atomic E-state index is 13.6. The molecule has 2 aromatic heterocycles. The minimum absolute atomic E-state index is 0.0830. The van der Waals surface area contributed by atoms with E-state index in [1.165, 1.54) is 0 Å². The fourth-order valence-electron chi connectivity index (χ4n) is 2.59. The third-order valence-corrected chi connectivity index (χ3v) is 3.82. The highest BCUT2D eigenvalue weighted by molar-refractivity contribution is 6.06. The predicted octanol–water partition coefficient (Wildman–Crippen LogP) is 4.24. The van der Waals surface area contributed by atoms with E-state index in [0.717, 1.165) is 6.07 Å². The van der Waals surface area contributed by atoms with E-state index in [4.69, 9.17) is 10.2 Å². The van der Waals surface area contributed by atoms with Gasteiger partial charge >= 0.3 is 6.18 Å². The van der Waals surface area contributed by atoms with Gasteiger partial charge in [0, 0.05) is 12.1 Å². The number of anilines is 1. The van der Waals surface area contributed by atoms with Crippen LogP contribution >= 0.6 is 0 Å². The summed E-state index contributed by atoms with van der Waals surface area (Å²) in [6.45, 7) is 2.20. The lowest BCUT2D eigenvalue weighted by Crippen LogP contribution is -2.24. The molecule has 1 aromatic carbocycles. The van der Waals surface area contributed by atoms with Gasteiger partial charge in [-0.15, -0.1) is 0 Å². The maximum absolute atomic E-state index is 13.6. The van der Waals surface area contributed by atoms with Gasteiger partial charge in [0.05, 0.1) is 22.3 Å². The lowest BCUT2D eigenvalue weighted by atomic mass is 10.1. The highest BCUT2D eigenvalue weighted by atomic mass is 19.4. The average Bonchev–Trinajstić information content (AvgIpc) is 2.95. The van der Waals surface area contributed by atoms with Gasteiger partial charge in [-0.3, -0.25) is 4.79 Å². The van der Waals surface area contributed by atoms with Crippen molar-refractivity contribution < 1.29 is 22.4 Å². The van der Waals surface area contributed by atoms with Crippen molar-refractivity contribution in [2.24, 2.45) is 0 Å². The number of hydrogen-bond acceptors (Lipinski definition) is 4. The number of fused-ring (bicyclic) bond motifs is 1. The summed E-state index contributed by atoms with van der Waals surface area (Å²) in [5, 5.41) is 2.13. The van der Waals surface area contributed by atoms with Gasteiger partial charge in [-0.25, -0.2) is 4.98 Å². The predicted molar refractivity (Wildman–Crippen MR) is 91.5 cm³/mol. The average molecular weight is 363 g/mol. The molecule has 0 saturated carbocycles. The molecule has 0 spiro atoms. The Balaban J connectivity index is 2.23. The first-order chi connectivity index (χ1) is 12.3. The smallest absolute Gasteiger partial charge is 0.417 e. The zero-order valence-corrected chi connectivity index (χ0v) is 13.9. The number of furan rings is 1. The number of nitrogens with zero attached hydrogens (tertiary/aromatic N) is 1. The number of benzene rings is 1. The van der Waals surface area contributed by atoms with Crippen LogP contribution in [0.3, 0.4) is 0 Å². The van der Waals surface area contributed by atoms with Crippen molar-refractivity contribution in [1.82, 2.24) is 10.3 Å². The molecule has 0 bridgehead atoms. The summed E-state index contributed by atoms with van der Waals surface area (Å²) < 4.78 is 46.1. The molecule has 5 nitrogen and oxygen atoms in total. The SMILES string of the molecule is CCCNC(=O)c1oc2nc(-c3ccccc3)cc(C(F)(F)F)c2c1N. The summed E-state index contributed by atoms with van der Waals surface area (Å²) in [5.74, 6) is -1.03. The Labute approximate surface area is 147 Å². The molecule has 0 aliphatic heterocycles. The number of amides is 1. The second-order valence-corrected chi connectivity index (χ2v) is 5.70. The van der Waals surface area contributed by atoms with Crippen LogP contribution in [0, 0.1) is 0 Å². The Bertz CT molecular complexity index is 950. The summed E-state index contributed by atoms with van der Waals surface area (Å²) in [5.41, 5.74) is 4.70. The Morgan fingerprint density at radius 1 is 1.27 bits per heavy atom. The largest absolute Gasteiger partial charge is 0.430 e. The number of nitrogen functional groups attached to an aromatic ring is 1. The van der Waals surface area contributed by atoms with Gasteiger partial charge in [-0.05, 0) is 12.5 Å². The number of aromatic nitrogens is 1. The van der Waals surface area contributed by atoms with E-state index in [1.807, 2.05) is 6.92 Å². The molecule has 136 valence electrons. The van der Waals surface area contributed by atoms with Crippen molar-refractivity contribution in [2.45, 2.75) is 19.5 Å². The van der Waals surface area contributed by atoms with E-state index in [9.17, 15) is 18.0 Å². The molecule has 0 fully saturated rings. The first kappa shape index (κ1) is 17.8. The van der Waals surface area contributed by atoms with E-state index in [0.29, 0.717) is 18.5 Å². The van der Waals surface area contributed by atoms with Gasteiger partial charge < -0.3 is 15.5 Å². The van der Waals surface area contributed by atoms with Crippen molar-refractivity contribution in [2.75, 3.05) is 12.3 Å². The van der Waals surface area contributed by atoms with E-state index in [-0.39, 0.29) is 22.9 Å². The van der Waals surface area contributed by atoms with E-state index >= 15 is 0 Å². The second-order valence-electron chi connectivity index (χ2n) is 5.70. The molecule has 3 N–H and O–H groups in total. The summed E-state index contributed by atoms with van der Waals surface area (Å²) >= 11 is 0. The molecule has 2 heterocycles. The Kier molecular flexibility index (Phi) is 4.58. The van der Waals surface area contributed by atoms with Crippen molar-refractivity contribution >= 4 is 22.7 Å². The van der Waals surface area contributed by atoms with Gasteiger partial charge in [-0.1, -0.05) is 37.3 Å². The normalized spacial score (nSPS) is 11.7. The molecule has 3 aromatic rings. The molecule has 0 saturated heterocycles. The molecule has 8 heteroatoms. The van der Waals surface area contributed by atoms with E-state index in [2.05, 4.69) is 10.3 Å². The quantitative estimate of drug-likeness (QED) is 0.727. The third kappa shape index (κ3) is 3.22. The van der Waals surface area contributed by atoms with Crippen LogP contribution in [0.25, 0.3) is 22.4 Å². The fourth-order valence-corrected chi connectivity index (χ4v) is 2.59. The Morgan fingerprint density at radius 3 is 2.58 bits per heavy atom. The molecular formula is C18H16F3N3O2. The van der Waals surface area contributed by atoms with Crippen LogP contribution in [0.15, 0.2) is 40.8 Å². The van der Waals surface area contributed by atoms with E-state index in [1.54, 1.807) is 30.3 Å². The Hall–Kier alpha value is -3.03. The fraction of sp³-hybridized carbons (Fsp3) is 0.222. The minimum atomic E-state index is -4.68. The van der Waals surface area contributed by atoms with Gasteiger partial charge in [-0.2, -0.15) is 13.2 Å². The van der Waals surface area contributed by atoms with Crippen LogP contribution in [0.2, 0.25) is 0 Å². The summed E-state index contributed by atoms with van der Waals surface area (Å²) in [6.07, 6.45) is -4.02. The van der Waals surface area contributed by atoms with Crippen LogP contribution in [0.1, 0.15) is 29.5 Å². The first-order valence-electron chi connectivity index (χ1n) is 7.96. The van der Waals surface area contributed by atoms with Crippen LogP contribution in [-0.4, -0.2) is 17.4 Å². The van der Waals surface area contributed by atoms with Crippen LogP contribution in [-0.2, 0) is 6.18 Å². The van der Waals surface area contributed by atoms with E-state index < -0.39 is 23.0 Å². The monoisotopic (exact) mass is 363 g/mol. The van der Waals surface area contributed by atoms with Gasteiger partial charge in [0.25, 0.3) is 5.91 Å². The zero-order valence-electron chi connectivity index (χ0n) is 13.9. The molecule has 1 amide bonds. The van der Waals surface area contributed by atoms with Crippen molar-refractivity contribution in [3.8, 4) is 11.3 Å². The highest BCUT2D eigenvalue weighted by Crippen LogP contribution is 2.41. The standard InChI is InChI=1S/C18H16F3N3O2/c1-2-8-23-16(25)15-14(22)13-11(18(19,20)21)9-12(24-17(13)26-15)10-6-4-3-5-7-10/h3-7,9H,2,8,22H2,1H3,(H,23,25). The summed E-state index contributed by atoms with van der Waals surface area (Å²) in [7, 11) is 0. The summed E-state index contributed by atoms with van der Waals surface area (Å²) in [6, 6.07) is 9.30. The molecule has 0 radical (unpaired) electrons. The number of carbonyl (C=O) groups excluding carboxylic acids is 1. The lowest BCUT2D eigenvalue weighted by molar-refractivity contribution is -0.136. The van der Waals surface area contributed by atoms with Crippen LogP contribution in [0.4, 0.5) is 18.9 Å². The number of alkyl halides is 3. The molecule has 26 heavy (non-hydrogen) atoms. The second kappa shape index (κ2) is 6.70. The molecule has 3 rings (SSSR count). The minimum Gasteiger partial charge on any atom is -0.430 e. The van der Waals surface area contributed by atoms with Crippen molar-refractivity contribution in [1.29, 1.82) is 0 Å². The Morgan fingerprint density at radius 2 is 1.96 bits per heavy atom. The molecular weight excluding hydrogens is 347 g/mol. The zero-order chi connectivity index (χ0) is 18.9. The van der Waals surface area contributed by atoms with Gasteiger partial charge in [0.15, 0.2) is 0 Å². The number of halogens is 3. The number of rotatable bonds is 4. The molecule has 0 atom stereocenters. The van der Waals surface area contributed by atoms with Gasteiger partial charge in [0.1, 0.15) is 0 Å². The molecule has 0 aliphatic rings. The first-order valence-corrected chi connectivity index (χ1v) is 7.96. The maximum Gasteiger partial charge on any atom is 0.417 e. The number of nitrogens with one attached hydrogen (secondary N) is 1. The van der Waals surface area contributed by atoms with Gasteiger partial charge in [0.2, 0.25) is 11.5 Å². The lowest BCUT2D eigenvalue weighted by Gasteiger charge is -2.10. The number of nitrogens with two attached hydrogens (primary N) is 1. The van der Waals surface area contributed by atoms with Crippen molar-refractivity contribution in [3.05, 3.63) is 47.7 Å². The topological polar surface area (TPSA) is 81.2 Å². The number of hydrogen-bond donors (Lipinski definition) is 2.